The van der Waals surface area contributed by atoms with Crippen LogP contribution in [-0.4, -0.2) is 29.0 Å². The van der Waals surface area contributed by atoms with Crippen LogP contribution in [-0.2, 0) is 0 Å². The summed E-state index contributed by atoms with van der Waals surface area (Å²) in [6.45, 7) is 0.667. The molecule has 0 saturated carbocycles. The van der Waals surface area contributed by atoms with Gasteiger partial charge in [-0.3, -0.25) is 4.98 Å². The van der Waals surface area contributed by atoms with Crippen LogP contribution in [0.2, 0.25) is 0 Å². The molecule has 1 aliphatic rings. The first-order valence-corrected chi connectivity index (χ1v) is 5.99. The first-order valence-electron chi connectivity index (χ1n) is 5.99. The summed E-state index contributed by atoms with van der Waals surface area (Å²) in [5.74, 6) is -1.84. The molecule has 19 heavy (non-hydrogen) atoms. The average molecular weight is 286 g/mol. The molecule has 0 N–H and O–H groups in total. The molecule has 1 fully saturated rings. The first kappa shape index (κ1) is 13.9. The van der Waals surface area contributed by atoms with Gasteiger partial charge < -0.3 is 4.90 Å². The zero-order valence-electron chi connectivity index (χ0n) is 10.2. The standard InChI is InChI=1S/C13H13F2N3.ClH/c14-13(15)5-7-18(8-6-13)12-9-16-10-3-1-2-4-11(10)17-12;/h1-4,9H,5-8H2;1H. The largest absolute Gasteiger partial charge is 0.355 e. The molecule has 3 nitrogen and oxygen atoms in total. The van der Waals surface area contributed by atoms with Crippen molar-refractivity contribution in [3.63, 3.8) is 0 Å². The molecule has 1 aromatic heterocycles. The minimum atomic E-state index is -2.53. The fourth-order valence-corrected chi connectivity index (χ4v) is 2.16. The molecule has 3 rings (SSSR count). The van der Waals surface area contributed by atoms with E-state index >= 15 is 0 Å². The van der Waals surface area contributed by atoms with E-state index in [9.17, 15) is 8.78 Å². The highest BCUT2D eigenvalue weighted by Gasteiger charge is 2.34. The van der Waals surface area contributed by atoms with E-state index in [0.29, 0.717) is 18.9 Å². The van der Waals surface area contributed by atoms with Crippen molar-refractivity contribution in [2.75, 3.05) is 18.0 Å². The van der Waals surface area contributed by atoms with Crippen LogP contribution < -0.4 is 4.90 Å². The van der Waals surface area contributed by atoms with E-state index < -0.39 is 5.92 Å². The number of para-hydroxylation sites is 2. The van der Waals surface area contributed by atoms with Gasteiger partial charge in [-0.1, -0.05) is 12.1 Å². The summed E-state index contributed by atoms with van der Waals surface area (Å²) in [5, 5.41) is 0. The molecule has 6 heteroatoms. The number of nitrogens with zero attached hydrogens (tertiary/aromatic N) is 3. The molecule has 1 saturated heterocycles. The van der Waals surface area contributed by atoms with Crippen molar-refractivity contribution in [3.8, 4) is 0 Å². The van der Waals surface area contributed by atoms with Crippen LogP contribution >= 0.6 is 12.4 Å². The van der Waals surface area contributed by atoms with Crippen LogP contribution in [0.4, 0.5) is 14.6 Å². The Hall–Kier alpha value is -1.49. The van der Waals surface area contributed by atoms with E-state index in [1.807, 2.05) is 29.2 Å². The molecular formula is C13H14ClF2N3. The Morgan fingerprint density at radius 1 is 1.05 bits per heavy atom. The van der Waals surface area contributed by atoms with Crippen molar-refractivity contribution in [2.24, 2.45) is 0 Å². The van der Waals surface area contributed by atoms with Crippen molar-refractivity contribution >= 4 is 29.3 Å². The molecule has 0 amide bonds. The minimum absolute atomic E-state index is 0. The quantitative estimate of drug-likeness (QED) is 0.805. The number of aromatic nitrogens is 2. The van der Waals surface area contributed by atoms with Crippen LogP contribution in [0.5, 0.6) is 0 Å². The minimum Gasteiger partial charge on any atom is -0.355 e. The third kappa shape index (κ3) is 2.92. The Kier molecular flexibility index (Phi) is 3.85. The Morgan fingerprint density at radius 3 is 2.37 bits per heavy atom. The van der Waals surface area contributed by atoms with Gasteiger partial charge in [0.2, 0.25) is 0 Å². The topological polar surface area (TPSA) is 29.0 Å². The van der Waals surface area contributed by atoms with Gasteiger partial charge in [0.1, 0.15) is 5.82 Å². The van der Waals surface area contributed by atoms with Crippen molar-refractivity contribution < 1.29 is 8.78 Å². The maximum Gasteiger partial charge on any atom is 0.251 e. The number of hydrogen-bond acceptors (Lipinski definition) is 3. The first-order chi connectivity index (χ1) is 8.64. The predicted octanol–water partition coefficient (Wildman–Crippen LogP) is 3.29. The van der Waals surface area contributed by atoms with E-state index in [2.05, 4.69) is 9.97 Å². The number of benzene rings is 1. The smallest absolute Gasteiger partial charge is 0.251 e. The normalized spacial score (nSPS) is 18.1. The lowest BCUT2D eigenvalue weighted by atomic mass is 10.1. The lowest BCUT2D eigenvalue weighted by Gasteiger charge is -2.32. The second-order valence-corrected chi connectivity index (χ2v) is 4.56. The van der Waals surface area contributed by atoms with Gasteiger partial charge in [-0.25, -0.2) is 13.8 Å². The summed E-state index contributed by atoms with van der Waals surface area (Å²) >= 11 is 0. The molecule has 0 bridgehead atoms. The molecule has 0 atom stereocenters. The third-order valence-corrected chi connectivity index (χ3v) is 3.25. The number of piperidine rings is 1. The van der Waals surface area contributed by atoms with Gasteiger partial charge in [0.25, 0.3) is 5.92 Å². The number of rotatable bonds is 1. The van der Waals surface area contributed by atoms with Gasteiger partial charge >= 0.3 is 0 Å². The van der Waals surface area contributed by atoms with E-state index in [1.165, 1.54) is 0 Å². The van der Waals surface area contributed by atoms with Crippen LogP contribution in [0.1, 0.15) is 12.8 Å². The van der Waals surface area contributed by atoms with E-state index in [0.717, 1.165) is 11.0 Å². The fourth-order valence-electron chi connectivity index (χ4n) is 2.16. The van der Waals surface area contributed by atoms with E-state index in [1.54, 1.807) is 6.20 Å². The monoisotopic (exact) mass is 285 g/mol. The molecule has 2 aromatic rings. The Balaban J connectivity index is 0.00000133. The van der Waals surface area contributed by atoms with Crippen LogP contribution in [0, 0.1) is 0 Å². The number of hydrogen-bond donors (Lipinski definition) is 0. The maximum atomic E-state index is 13.1. The van der Waals surface area contributed by atoms with Crippen LogP contribution in [0.25, 0.3) is 11.0 Å². The van der Waals surface area contributed by atoms with Crippen molar-refractivity contribution in [1.29, 1.82) is 0 Å². The Labute approximate surface area is 116 Å². The highest BCUT2D eigenvalue weighted by molar-refractivity contribution is 5.85. The molecule has 1 aromatic carbocycles. The molecule has 2 heterocycles. The molecule has 0 spiro atoms. The van der Waals surface area contributed by atoms with Gasteiger partial charge in [-0.15, -0.1) is 12.4 Å². The maximum absolute atomic E-state index is 13.1. The van der Waals surface area contributed by atoms with Crippen molar-refractivity contribution in [3.05, 3.63) is 30.5 Å². The summed E-state index contributed by atoms with van der Waals surface area (Å²) < 4.78 is 26.2. The van der Waals surface area contributed by atoms with E-state index in [4.69, 9.17) is 0 Å². The zero-order chi connectivity index (χ0) is 12.6. The molecule has 0 unspecified atom stereocenters. The molecule has 0 aliphatic carbocycles. The molecular weight excluding hydrogens is 272 g/mol. The van der Waals surface area contributed by atoms with Crippen LogP contribution in [0.3, 0.4) is 0 Å². The van der Waals surface area contributed by atoms with Gasteiger partial charge in [0, 0.05) is 25.9 Å². The summed E-state index contributed by atoms with van der Waals surface area (Å²) in [5.41, 5.74) is 1.62. The Morgan fingerprint density at radius 2 is 1.68 bits per heavy atom. The van der Waals surface area contributed by atoms with Gasteiger partial charge in [0.15, 0.2) is 0 Å². The van der Waals surface area contributed by atoms with Crippen LogP contribution in [0.15, 0.2) is 30.5 Å². The highest BCUT2D eigenvalue weighted by Crippen LogP contribution is 2.29. The molecule has 1 aliphatic heterocycles. The summed E-state index contributed by atoms with van der Waals surface area (Å²) in [6, 6.07) is 7.56. The number of halogens is 3. The zero-order valence-corrected chi connectivity index (χ0v) is 11.0. The second-order valence-electron chi connectivity index (χ2n) is 4.56. The van der Waals surface area contributed by atoms with Crippen molar-refractivity contribution in [1.82, 2.24) is 9.97 Å². The second kappa shape index (κ2) is 5.25. The van der Waals surface area contributed by atoms with Gasteiger partial charge in [-0.2, -0.15) is 0 Å². The summed E-state index contributed by atoms with van der Waals surface area (Å²) in [6.07, 6.45) is 1.44. The average Bonchev–Trinajstić information content (AvgIpc) is 2.38. The SMILES string of the molecule is Cl.FC1(F)CCN(c2cnc3ccccc3n2)CC1. The third-order valence-electron chi connectivity index (χ3n) is 3.25. The molecule has 0 radical (unpaired) electrons. The number of fused-ring (bicyclic) bond motifs is 1. The van der Waals surface area contributed by atoms with Crippen molar-refractivity contribution in [2.45, 2.75) is 18.8 Å². The van der Waals surface area contributed by atoms with Gasteiger partial charge in [0.05, 0.1) is 17.2 Å². The van der Waals surface area contributed by atoms with E-state index in [-0.39, 0.29) is 25.2 Å². The summed E-state index contributed by atoms with van der Waals surface area (Å²) in [4.78, 5) is 10.6. The summed E-state index contributed by atoms with van der Waals surface area (Å²) in [7, 11) is 0. The lowest BCUT2D eigenvalue weighted by molar-refractivity contribution is -0.0221. The predicted molar refractivity (Wildman–Crippen MR) is 73.2 cm³/mol. The Bertz CT molecular complexity index is 567. The van der Waals surface area contributed by atoms with Gasteiger partial charge in [-0.05, 0) is 12.1 Å². The highest BCUT2D eigenvalue weighted by atomic mass is 35.5. The lowest BCUT2D eigenvalue weighted by Crippen LogP contribution is -2.39. The number of alkyl halides is 2. The fraction of sp³-hybridized carbons (Fsp3) is 0.385. The number of anilines is 1. The molecule has 102 valence electrons.